The first-order valence-corrected chi connectivity index (χ1v) is 8.12. The second kappa shape index (κ2) is 6.20. The first-order valence-electron chi connectivity index (χ1n) is 8.12. The van der Waals surface area contributed by atoms with Crippen molar-refractivity contribution in [3.05, 3.63) is 29.7 Å². The molecule has 1 fully saturated rings. The van der Waals surface area contributed by atoms with Gasteiger partial charge in [-0.3, -0.25) is 9.58 Å². The van der Waals surface area contributed by atoms with E-state index in [1.807, 2.05) is 11.6 Å². The predicted molar refractivity (Wildman–Crippen MR) is 83.5 cm³/mol. The van der Waals surface area contributed by atoms with Gasteiger partial charge in [-0.05, 0) is 46.2 Å². The molecule has 2 aromatic rings. The number of aryl methyl sites for hydroxylation is 1. The summed E-state index contributed by atoms with van der Waals surface area (Å²) >= 11 is 0. The van der Waals surface area contributed by atoms with Crippen LogP contribution in [0.15, 0.2) is 16.7 Å². The third kappa shape index (κ3) is 3.06. The summed E-state index contributed by atoms with van der Waals surface area (Å²) in [6, 6.07) is 2.91. The Morgan fingerprint density at radius 1 is 1.36 bits per heavy atom. The van der Waals surface area contributed by atoms with Crippen molar-refractivity contribution < 1.29 is 4.42 Å². The molecule has 22 heavy (non-hydrogen) atoms. The van der Waals surface area contributed by atoms with E-state index in [0.29, 0.717) is 23.9 Å². The van der Waals surface area contributed by atoms with Crippen LogP contribution in [0.4, 0.5) is 0 Å². The monoisotopic (exact) mass is 303 g/mol. The van der Waals surface area contributed by atoms with E-state index in [1.54, 1.807) is 0 Å². The molecule has 0 aromatic carbocycles. The van der Waals surface area contributed by atoms with Gasteiger partial charge in [0, 0.05) is 31.7 Å². The standard InChI is InChI=1S/C16H25N5O/c1-11(2)21-9-7-14(19-21)10-20-8-5-6-15(12(20)3)16-18-17-13(4)22-16/h7,9,11-12,15H,5-6,8,10H2,1-4H3/t12-,15-/m0/s1. The molecule has 0 radical (unpaired) electrons. The van der Waals surface area contributed by atoms with E-state index in [9.17, 15) is 0 Å². The molecule has 1 aliphatic heterocycles. The van der Waals surface area contributed by atoms with Crippen LogP contribution in [0.3, 0.4) is 0 Å². The highest BCUT2D eigenvalue weighted by Crippen LogP contribution is 2.32. The van der Waals surface area contributed by atoms with Gasteiger partial charge in [-0.2, -0.15) is 5.10 Å². The molecule has 0 bridgehead atoms. The lowest BCUT2D eigenvalue weighted by Crippen LogP contribution is -2.41. The molecule has 6 nitrogen and oxygen atoms in total. The van der Waals surface area contributed by atoms with Crippen LogP contribution < -0.4 is 0 Å². The molecule has 3 heterocycles. The van der Waals surface area contributed by atoms with Crippen LogP contribution in [0.25, 0.3) is 0 Å². The average Bonchev–Trinajstić information content (AvgIpc) is 3.10. The Hall–Kier alpha value is -1.69. The zero-order valence-electron chi connectivity index (χ0n) is 13.9. The smallest absolute Gasteiger partial charge is 0.221 e. The fraction of sp³-hybridized carbons (Fsp3) is 0.688. The van der Waals surface area contributed by atoms with Crippen LogP contribution in [-0.2, 0) is 6.54 Å². The topological polar surface area (TPSA) is 60.0 Å². The molecule has 0 spiro atoms. The molecule has 0 unspecified atom stereocenters. The molecule has 120 valence electrons. The number of nitrogens with zero attached hydrogens (tertiary/aromatic N) is 5. The molecular weight excluding hydrogens is 278 g/mol. The summed E-state index contributed by atoms with van der Waals surface area (Å²) in [6.07, 6.45) is 4.33. The molecular formula is C16H25N5O. The Morgan fingerprint density at radius 2 is 2.18 bits per heavy atom. The maximum Gasteiger partial charge on any atom is 0.221 e. The van der Waals surface area contributed by atoms with Crippen molar-refractivity contribution in [3.63, 3.8) is 0 Å². The van der Waals surface area contributed by atoms with Gasteiger partial charge in [0.15, 0.2) is 0 Å². The highest BCUT2D eigenvalue weighted by molar-refractivity contribution is 5.04. The van der Waals surface area contributed by atoms with E-state index in [0.717, 1.165) is 37.5 Å². The summed E-state index contributed by atoms with van der Waals surface area (Å²) in [7, 11) is 0. The van der Waals surface area contributed by atoms with Gasteiger partial charge in [-0.25, -0.2) is 0 Å². The Labute approximate surface area is 131 Å². The van der Waals surface area contributed by atoms with Crippen LogP contribution >= 0.6 is 0 Å². The molecule has 1 saturated heterocycles. The van der Waals surface area contributed by atoms with Gasteiger partial charge < -0.3 is 4.42 Å². The van der Waals surface area contributed by atoms with E-state index in [1.165, 1.54) is 0 Å². The van der Waals surface area contributed by atoms with Crippen LogP contribution in [-0.4, -0.2) is 37.5 Å². The average molecular weight is 303 g/mol. The van der Waals surface area contributed by atoms with Crippen molar-refractivity contribution in [2.45, 2.75) is 65.1 Å². The second-order valence-corrected chi connectivity index (χ2v) is 6.50. The normalized spacial score (nSPS) is 23.3. The minimum atomic E-state index is 0.321. The number of hydrogen-bond donors (Lipinski definition) is 0. The van der Waals surface area contributed by atoms with Crippen LogP contribution in [0.1, 0.15) is 63.0 Å². The lowest BCUT2D eigenvalue weighted by molar-refractivity contribution is 0.117. The molecule has 0 N–H and O–H groups in total. The van der Waals surface area contributed by atoms with E-state index in [2.05, 4.69) is 53.2 Å². The number of aromatic nitrogens is 4. The Balaban J connectivity index is 1.70. The van der Waals surface area contributed by atoms with Crippen molar-refractivity contribution in [1.82, 2.24) is 24.9 Å². The zero-order chi connectivity index (χ0) is 15.7. The van der Waals surface area contributed by atoms with E-state index in [-0.39, 0.29) is 0 Å². The number of rotatable bonds is 4. The molecule has 1 aliphatic rings. The van der Waals surface area contributed by atoms with Crippen LogP contribution in [0, 0.1) is 6.92 Å². The summed E-state index contributed by atoms with van der Waals surface area (Å²) in [5.41, 5.74) is 1.13. The molecule has 2 atom stereocenters. The number of piperidine rings is 1. The van der Waals surface area contributed by atoms with E-state index < -0.39 is 0 Å². The van der Waals surface area contributed by atoms with Gasteiger partial charge in [0.1, 0.15) is 0 Å². The molecule has 3 rings (SSSR count). The van der Waals surface area contributed by atoms with Gasteiger partial charge in [-0.1, -0.05) is 0 Å². The third-order valence-electron chi connectivity index (χ3n) is 4.54. The SMILES string of the molecule is Cc1nnc([C@H]2CCCN(Cc3ccn(C(C)C)n3)[C@H]2C)o1. The fourth-order valence-electron chi connectivity index (χ4n) is 3.19. The lowest BCUT2D eigenvalue weighted by Gasteiger charge is -2.37. The molecule has 2 aromatic heterocycles. The lowest BCUT2D eigenvalue weighted by atomic mass is 9.90. The highest BCUT2D eigenvalue weighted by atomic mass is 16.4. The van der Waals surface area contributed by atoms with Gasteiger partial charge in [-0.15, -0.1) is 10.2 Å². The summed E-state index contributed by atoms with van der Waals surface area (Å²) in [6.45, 7) is 10.4. The first kappa shape index (κ1) is 15.2. The largest absolute Gasteiger partial charge is 0.425 e. The van der Waals surface area contributed by atoms with Gasteiger partial charge >= 0.3 is 0 Å². The summed E-state index contributed by atoms with van der Waals surface area (Å²) in [5, 5.41) is 12.9. The van der Waals surface area contributed by atoms with E-state index in [4.69, 9.17) is 4.42 Å². The molecule has 6 heteroatoms. The number of likely N-dealkylation sites (tertiary alicyclic amines) is 1. The zero-order valence-corrected chi connectivity index (χ0v) is 13.9. The maximum atomic E-state index is 5.66. The quantitative estimate of drug-likeness (QED) is 0.869. The van der Waals surface area contributed by atoms with Crippen molar-refractivity contribution in [1.29, 1.82) is 0 Å². The predicted octanol–water partition coefficient (Wildman–Crippen LogP) is 2.92. The summed E-state index contributed by atoms with van der Waals surface area (Å²) < 4.78 is 7.68. The van der Waals surface area contributed by atoms with Crippen molar-refractivity contribution >= 4 is 0 Å². The highest BCUT2D eigenvalue weighted by Gasteiger charge is 2.32. The van der Waals surface area contributed by atoms with Crippen LogP contribution in [0.2, 0.25) is 0 Å². The molecule has 0 saturated carbocycles. The number of hydrogen-bond acceptors (Lipinski definition) is 5. The van der Waals surface area contributed by atoms with Gasteiger partial charge in [0.05, 0.1) is 11.6 Å². The minimum Gasteiger partial charge on any atom is -0.425 e. The Kier molecular flexibility index (Phi) is 4.29. The first-order chi connectivity index (χ1) is 10.5. The van der Waals surface area contributed by atoms with Gasteiger partial charge in [0.2, 0.25) is 11.8 Å². The third-order valence-corrected chi connectivity index (χ3v) is 4.54. The minimum absolute atomic E-state index is 0.321. The molecule has 0 aliphatic carbocycles. The molecule has 0 amide bonds. The van der Waals surface area contributed by atoms with Crippen molar-refractivity contribution in [3.8, 4) is 0 Å². The van der Waals surface area contributed by atoms with Crippen molar-refractivity contribution in [2.24, 2.45) is 0 Å². The summed E-state index contributed by atoms with van der Waals surface area (Å²) in [4.78, 5) is 2.47. The van der Waals surface area contributed by atoms with E-state index >= 15 is 0 Å². The van der Waals surface area contributed by atoms with Crippen molar-refractivity contribution in [2.75, 3.05) is 6.54 Å². The summed E-state index contributed by atoms with van der Waals surface area (Å²) in [5.74, 6) is 1.75. The Bertz CT molecular complexity index is 618. The fourth-order valence-corrected chi connectivity index (χ4v) is 3.19. The van der Waals surface area contributed by atoms with Crippen LogP contribution in [0.5, 0.6) is 0 Å². The maximum absolute atomic E-state index is 5.66. The second-order valence-electron chi connectivity index (χ2n) is 6.50. The van der Waals surface area contributed by atoms with Gasteiger partial charge in [0.25, 0.3) is 0 Å². The Morgan fingerprint density at radius 3 is 2.82 bits per heavy atom.